The number of nitrogens with one attached hydrogen (secondary N) is 3. The fourth-order valence-electron chi connectivity index (χ4n) is 2.26. The summed E-state index contributed by atoms with van der Waals surface area (Å²) in [5, 5.41) is 5.51. The van der Waals surface area contributed by atoms with Crippen LogP contribution in [0.2, 0.25) is 0 Å². The monoisotopic (exact) mass is 389 g/mol. The number of rotatable bonds is 8. The average Bonchev–Trinajstić information content (AvgIpc) is 2.66. The number of carbonyl (C=O) groups excluding carboxylic acids is 2. The van der Waals surface area contributed by atoms with Crippen LogP contribution >= 0.6 is 0 Å². The van der Waals surface area contributed by atoms with Crippen LogP contribution in [0.3, 0.4) is 0 Å². The number of hydrogen-bond donors (Lipinski definition) is 3. The van der Waals surface area contributed by atoms with Crippen LogP contribution in [0, 0.1) is 0 Å². The first-order valence-electron chi connectivity index (χ1n) is 8.65. The molecule has 0 radical (unpaired) electrons. The minimum Gasteiger partial charge on any atom is -0.352 e. The Bertz CT molecular complexity index is 909. The molecule has 0 saturated carbocycles. The van der Waals surface area contributed by atoms with Crippen LogP contribution in [0.15, 0.2) is 48.5 Å². The smallest absolute Gasteiger partial charge is 0.255 e. The summed E-state index contributed by atoms with van der Waals surface area (Å²) in [6.45, 7) is 4.05. The summed E-state index contributed by atoms with van der Waals surface area (Å²) in [7, 11) is -3.37. The molecule has 2 amide bonds. The molecule has 0 aliphatic carbocycles. The molecule has 0 atom stereocenters. The Hall–Kier alpha value is -2.87. The lowest BCUT2D eigenvalue weighted by Crippen LogP contribution is -2.25. The molecule has 0 bridgehead atoms. The first kappa shape index (κ1) is 20.4. The van der Waals surface area contributed by atoms with Crippen molar-refractivity contribution < 1.29 is 18.0 Å². The molecule has 0 spiro atoms. The van der Waals surface area contributed by atoms with Crippen LogP contribution in [0.25, 0.3) is 0 Å². The van der Waals surface area contributed by atoms with Crippen molar-refractivity contribution in [2.45, 2.75) is 20.3 Å². The molecule has 2 aromatic carbocycles. The van der Waals surface area contributed by atoms with Gasteiger partial charge in [0.05, 0.1) is 17.0 Å². The third-order valence-corrected chi connectivity index (χ3v) is 5.06. The van der Waals surface area contributed by atoms with E-state index in [1.165, 1.54) is 31.2 Å². The lowest BCUT2D eigenvalue weighted by molar-refractivity contribution is 0.0954. The predicted octanol–water partition coefficient (Wildman–Crippen LogP) is 2.84. The van der Waals surface area contributed by atoms with Gasteiger partial charge in [0.2, 0.25) is 10.0 Å². The topological polar surface area (TPSA) is 104 Å². The lowest BCUT2D eigenvalue weighted by atomic mass is 10.1. The van der Waals surface area contributed by atoms with Crippen LogP contribution in [0.5, 0.6) is 0 Å². The number of carbonyl (C=O) groups is 2. The zero-order valence-electron chi connectivity index (χ0n) is 15.3. The fourth-order valence-corrected chi connectivity index (χ4v) is 2.90. The van der Waals surface area contributed by atoms with E-state index in [1.807, 2.05) is 6.92 Å². The van der Waals surface area contributed by atoms with Gasteiger partial charge in [-0.15, -0.1) is 0 Å². The molecule has 0 saturated heterocycles. The third kappa shape index (κ3) is 5.82. The van der Waals surface area contributed by atoms with E-state index in [2.05, 4.69) is 15.4 Å². The highest BCUT2D eigenvalue weighted by molar-refractivity contribution is 7.92. The van der Waals surface area contributed by atoms with Crippen molar-refractivity contribution in [1.82, 2.24) is 5.32 Å². The van der Waals surface area contributed by atoms with Gasteiger partial charge in [0, 0.05) is 17.8 Å². The SMILES string of the molecule is CCCNC(=O)c1ccccc1NC(=O)c1ccc(NS(=O)(=O)CC)cc1. The minimum atomic E-state index is -3.37. The quantitative estimate of drug-likeness (QED) is 0.646. The number of anilines is 2. The molecule has 8 heteroatoms. The highest BCUT2D eigenvalue weighted by Crippen LogP contribution is 2.17. The minimum absolute atomic E-state index is 0.0356. The molecule has 144 valence electrons. The molecular formula is C19H23N3O4S. The molecule has 3 N–H and O–H groups in total. The van der Waals surface area contributed by atoms with Gasteiger partial charge in [0.15, 0.2) is 0 Å². The van der Waals surface area contributed by atoms with E-state index in [0.717, 1.165) is 6.42 Å². The molecule has 7 nitrogen and oxygen atoms in total. The van der Waals surface area contributed by atoms with Gasteiger partial charge in [-0.25, -0.2) is 8.42 Å². The molecule has 0 aliphatic rings. The Labute approximate surface area is 159 Å². The van der Waals surface area contributed by atoms with Gasteiger partial charge in [-0.05, 0) is 49.7 Å². The maximum atomic E-state index is 12.5. The molecule has 2 aromatic rings. The standard InChI is InChI=1S/C19H23N3O4S/c1-3-13-20-19(24)16-7-5-6-8-17(16)21-18(23)14-9-11-15(12-10-14)22-27(25,26)4-2/h5-12,22H,3-4,13H2,1-2H3,(H,20,24)(H,21,23). The van der Waals surface area contributed by atoms with Crippen molar-refractivity contribution >= 4 is 33.2 Å². The van der Waals surface area contributed by atoms with Crippen LogP contribution < -0.4 is 15.4 Å². The number of amides is 2. The number of sulfonamides is 1. The fraction of sp³-hybridized carbons (Fsp3) is 0.263. The molecule has 0 unspecified atom stereocenters. The summed E-state index contributed by atoms with van der Waals surface area (Å²) >= 11 is 0. The molecule has 0 aliphatic heterocycles. The molecule has 0 fully saturated rings. The van der Waals surface area contributed by atoms with E-state index in [1.54, 1.807) is 24.3 Å². The second kappa shape index (κ2) is 9.18. The number of para-hydroxylation sites is 1. The van der Waals surface area contributed by atoms with Crippen molar-refractivity contribution in [3.63, 3.8) is 0 Å². The Morgan fingerprint density at radius 3 is 2.22 bits per heavy atom. The Balaban J connectivity index is 2.13. The predicted molar refractivity (Wildman–Crippen MR) is 107 cm³/mol. The molecular weight excluding hydrogens is 366 g/mol. The van der Waals surface area contributed by atoms with Crippen LogP contribution in [-0.4, -0.2) is 32.5 Å². The first-order valence-corrected chi connectivity index (χ1v) is 10.3. The van der Waals surface area contributed by atoms with E-state index in [9.17, 15) is 18.0 Å². The van der Waals surface area contributed by atoms with E-state index < -0.39 is 15.9 Å². The first-order chi connectivity index (χ1) is 12.9. The van der Waals surface area contributed by atoms with Crippen molar-refractivity contribution in [2.24, 2.45) is 0 Å². The van der Waals surface area contributed by atoms with E-state index in [0.29, 0.717) is 29.0 Å². The largest absolute Gasteiger partial charge is 0.352 e. The maximum Gasteiger partial charge on any atom is 0.255 e. The zero-order valence-corrected chi connectivity index (χ0v) is 16.1. The summed E-state index contributed by atoms with van der Waals surface area (Å²) in [6, 6.07) is 12.8. The van der Waals surface area contributed by atoms with E-state index in [-0.39, 0.29) is 11.7 Å². The third-order valence-electron chi connectivity index (χ3n) is 3.76. The Morgan fingerprint density at radius 2 is 1.59 bits per heavy atom. The van der Waals surface area contributed by atoms with Crippen LogP contribution in [-0.2, 0) is 10.0 Å². The van der Waals surface area contributed by atoms with Crippen molar-refractivity contribution in [2.75, 3.05) is 22.3 Å². The summed E-state index contributed by atoms with van der Waals surface area (Å²) < 4.78 is 25.6. The maximum absolute atomic E-state index is 12.5. The van der Waals surface area contributed by atoms with Gasteiger partial charge >= 0.3 is 0 Å². The van der Waals surface area contributed by atoms with Gasteiger partial charge in [0.1, 0.15) is 0 Å². The second-order valence-corrected chi connectivity index (χ2v) is 7.85. The van der Waals surface area contributed by atoms with E-state index in [4.69, 9.17) is 0 Å². The lowest BCUT2D eigenvalue weighted by Gasteiger charge is -2.12. The highest BCUT2D eigenvalue weighted by atomic mass is 32.2. The number of hydrogen-bond acceptors (Lipinski definition) is 4. The zero-order chi connectivity index (χ0) is 19.9. The summed E-state index contributed by atoms with van der Waals surface area (Å²) in [4.78, 5) is 24.7. The van der Waals surface area contributed by atoms with Gasteiger partial charge in [-0.1, -0.05) is 19.1 Å². The summed E-state index contributed by atoms with van der Waals surface area (Å²) in [6.07, 6.45) is 0.814. The highest BCUT2D eigenvalue weighted by Gasteiger charge is 2.14. The van der Waals surface area contributed by atoms with Crippen molar-refractivity contribution in [1.29, 1.82) is 0 Å². The molecule has 0 heterocycles. The normalized spacial score (nSPS) is 10.9. The molecule has 27 heavy (non-hydrogen) atoms. The van der Waals surface area contributed by atoms with Crippen LogP contribution in [0.1, 0.15) is 41.0 Å². The van der Waals surface area contributed by atoms with Gasteiger partial charge in [-0.2, -0.15) is 0 Å². The van der Waals surface area contributed by atoms with Gasteiger partial charge in [-0.3, -0.25) is 14.3 Å². The van der Waals surface area contributed by atoms with Crippen molar-refractivity contribution in [3.05, 3.63) is 59.7 Å². The second-order valence-electron chi connectivity index (χ2n) is 5.84. The summed E-state index contributed by atoms with van der Waals surface area (Å²) in [5.74, 6) is -0.681. The van der Waals surface area contributed by atoms with E-state index >= 15 is 0 Å². The van der Waals surface area contributed by atoms with Crippen molar-refractivity contribution in [3.8, 4) is 0 Å². The van der Waals surface area contributed by atoms with Crippen LogP contribution in [0.4, 0.5) is 11.4 Å². The average molecular weight is 389 g/mol. The molecule has 2 rings (SSSR count). The van der Waals surface area contributed by atoms with Gasteiger partial charge in [0.25, 0.3) is 11.8 Å². The van der Waals surface area contributed by atoms with Gasteiger partial charge < -0.3 is 10.6 Å². The summed E-state index contributed by atoms with van der Waals surface area (Å²) in [5.41, 5.74) is 1.52. The Kier molecular flexibility index (Phi) is 6.95. The molecule has 0 aromatic heterocycles. The number of benzene rings is 2. The Morgan fingerprint density at radius 1 is 0.926 bits per heavy atom.